The van der Waals surface area contributed by atoms with Gasteiger partial charge in [0.15, 0.2) is 5.82 Å². The normalized spacial score (nSPS) is 20.3. The highest BCUT2D eigenvalue weighted by Crippen LogP contribution is 2.31. The zero-order valence-electron chi connectivity index (χ0n) is 17.1. The van der Waals surface area contributed by atoms with Crippen molar-refractivity contribution in [2.24, 2.45) is 0 Å². The predicted octanol–water partition coefficient (Wildman–Crippen LogP) is 2.28. The maximum Gasteiger partial charge on any atom is 0.225 e. The molecule has 0 aromatic carbocycles. The fraction of sp³-hybridized carbons (Fsp3) is 0.571. The van der Waals surface area contributed by atoms with E-state index in [0.717, 1.165) is 49.3 Å². The van der Waals surface area contributed by atoms with E-state index in [1.54, 1.807) is 13.1 Å². The second-order valence-electron chi connectivity index (χ2n) is 8.03. The van der Waals surface area contributed by atoms with Crippen LogP contribution in [0.2, 0.25) is 0 Å². The van der Waals surface area contributed by atoms with Crippen molar-refractivity contribution in [2.75, 3.05) is 13.1 Å². The number of fused-ring (bicyclic) bond motifs is 1. The summed E-state index contributed by atoms with van der Waals surface area (Å²) in [5, 5.41) is 4.25. The van der Waals surface area contributed by atoms with Crippen molar-refractivity contribution in [1.29, 1.82) is 0 Å². The molecule has 154 valence electrons. The van der Waals surface area contributed by atoms with E-state index >= 15 is 0 Å². The van der Waals surface area contributed by atoms with Gasteiger partial charge in [0.05, 0.1) is 17.8 Å². The molecular formula is C21H28N6O2. The van der Waals surface area contributed by atoms with Crippen molar-refractivity contribution in [2.45, 2.75) is 64.6 Å². The summed E-state index contributed by atoms with van der Waals surface area (Å²) in [6.45, 7) is 5.61. The number of hydrogen-bond donors (Lipinski definition) is 0. The van der Waals surface area contributed by atoms with Crippen molar-refractivity contribution < 1.29 is 9.59 Å². The Morgan fingerprint density at radius 3 is 2.90 bits per heavy atom. The van der Waals surface area contributed by atoms with Crippen LogP contribution in [-0.4, -0.2) is 54.5 Å². The molecule has 8 heteroatoms. The third-order valence-corrected chi connectivity index (χ3v) is 5.97. The van der Waals surface area contributed by atoms with Crippen LogP contribution in [0.1, 0.15) is 68.7 Å². The number of aromatic nitrogens is 4. The average Bonchev–Trinajstić information content (AvgIpc) is 3.28. The van der Waals surface area contributed by atoms with E-state index in [1.807, 2.05) is 39.9 Å². The van der Waals surface area contributed by atoms with Crippen LogP contribution >= 0.6 is 0 Å². The molecule has 2 aliphatic rings. The Kier molecular flexibility index (Phi) is 5.60. The van der Waals surface area contributed by atoms with Gasteiger partial charge in [-0.2, -0.15) is 5.10 Å². The summed E-state index contributed by atoms with van der Waals surface area (Å²) in [5.74, 6) is 0.941. The first-order valence-electron chi connectivity index (χ1n) is 10.4. The number of nitrogens with zero attached hydrogens (tertiary/aromatic N) is 6. The molecule has 2 aromatic heterocycles. The molecule has 2 amide bonds. The lowest BCUT2D eigenvalue weighted by atomic mass is 9.99. The van der Waals surface area contributed by atoms with Gasteiger partial charge >= 0.3 is 0 Å². The van der Waals surface area contributed by atoms with Crippen molar-refractivity contribution in [1.82, 2.24) is 29.5 Å². The van der Waals surface area contributed by atoms with Crippen LogP contribution in [0, 0.1) is 0 Å². The SMILES string of the molecule is CC(=O)N1CCc2nc([C@@H]3CCCCN3C(=O)C[C@H](C)n3cccn3)ncc2C1. The summed E-state index contributed by atoms with van der Waals surface area (Å²) in [6, 6.07) is 1.82. The lowest BCUT2D eigenvalue weighted by molar-refractivity contribution is -0.136. The van der Waals surface area contributed by atoms with Gasteiger partial charge < -0.3 is 9.80 Å². The highest BCUT2D eigenvalue weighted by Gasteiger charge is 2.32. The summed E-state index contributed by atoms with van der Waals surface area (Å²) >= 11 is 0. The van der Waals surface area contributed by atoms with Crippen LogP contribution in [0.5, 0.6) is 0 Å². The minimum absolute atomic E-state index is 0.0158. The van der Waals surface area contributed by atoms with Crippen molar-refractivity contribution >= 4 is 11.8 Å². The van der Waals surface area contributed by atoms with Crippen LogP contribution in [0.25, 0.3) is 0 Å². The van der Waals surface area contributed by atoms with Crippen LogP contribution in [0.15, 0.2) is 24.7 Å². The van der Waals surface area contributed by atoms with Crippen LogP contribution in [-0.2, 0) is 22.6 Å². The van der Waals surface area contributed by atoms with E-state index in [2.05, 4.69) is 10.1 Å². The number of piperidine rings is 1. The zero-order chi connectivity index (χ0) is 20.4. The first-order valence-corrected chi connectivity index (χ1v) is 10.4. The van der Waals surface area contributed by atoms with Gasteiger partial charge in [-0.15, -0.1) is 0 Å². The number of rotatable bonds is 4. The minimum atomic E-state index is -0.0720. The van der Waals surface area contributed by atoms with E-state index < -0.39 is 0 Å². The van der Waals surface area contributed by atoms with Crippen LogP contribution in [0.4, 0.5) is 0 Å². The minimum Gasteiger partial charge on any atom is -0.338 e. The predicted molar refractivity (Wildman–Crippen MR) is 107 cm³/mol. The summed E-state index contributed by atoms with van der Waals surface area (Å²) in [7, 11) is 0. The molecule has 29 heavy (non-hydrogen) atoms. The molecule has 2 aromatic rings. The molecule has 2 atom stereocenters. The molecule has 4 rings (SSSR count). The van der Waals surface area contributed by atoms with E-state index in [4.69, 9.17) is 4.98 Å². The number of hydrogen-bond acceptors (Lipinski definition) is 5. The Bertz CT molecular complexity index is 881. The zero-order valence-corrected chi connectivity index (χ0v) is 17.1. The summed E-state index contributed by atoms with van der Waals surface area (Å²) in [6.07, 6.45) is 9.59. The van der Waals surface area contributed by atoms with Gasteiger partial charge in [0.25, 0.3) is 0 Å². The number of carbonyl (C=O) groups is 2. The van der Waals surface area contributed by atoms with Crippen molar-refractivity contribution in [3.63, 3.8) is 0 Å². The van der Waals surface area contributed by atoms with Gasteiger partial charge in [-0.3, -0.25) is 14.3 Å². The summed E-state index contributed by atoms with van der Waals surface area (Å²) in [5.41, 5.74) is 2.02. The number of amides is 2. The van der Waals surface area contributed by atoms with Gasteiger partial charge in [0.2, 0.25) is 11.8 Å². The largest absolute Gasteiger partial charge is 0.338 e. The number of carbonyl (C=O) groups excluding carboxylic acids is 2. The monoisotopic (exact) mass is 396 g/mol. The molecule has 0 radical (unpaired) electrons. The highest BCUT2D eigenvalue weighted by atomic mass is 16.2. The highest BCUT2D eigenvalue weighted by molar-refractivity contribution is 5.77. The molecule has 0 spiro atoms. The molecule has 0 unspecified atom stereocenters. The first-order chi connectivity index (χ1) is 14.0. The molecule has 1 saturated heterocycles. The lowest BCUT2D eigenvalue weighted by Gasteiger charge is -2.36. The van der Waals surface area contributed by atoms with Crippen molar-refractivity contribution in [3.05, 3.63) is 41.7 Å². The third kappa shape index (κ3) is 4.16. The van der Waals surface area contributed by atoms with Gasteiger partial charge in [0.1, 0.15) is 0 Å². The maximum absolute atomic E-state index is 13.1. The molecule has 0 saturated carbocycles. The van der Waals surface area contributed by atoms with Crippen molar-refractivity contribution in [3.8, 4) is 0 Å². The molecular weight excluding hydrogens is 368 g/mol. The fourth-order valence-corrected chi connectivity index (χ4v) is 4.26. The summed E-state index contributed by atoms with van der Waals surface area (Å²) in [4.78, 5) is 37.9. The lowest BCUT2D eigenvalue weighted by Crippen LogP contribution is -2.40. The quantitative estimate of drug-likeness (QED) is 0.792. The van der Waals surface area contributed by atoms with Gasteiger partial charge in [0, 0.05) is 63.6 Å². The van der Waals surface area contributed by atoms with Crippen LogP contribution < -0.4 is 0 Å². The second-order valence-corrected chi connectivity index (χ2v) is 8.03. The smallest absolute Gasteiger partial charge is 0.225 e. The Hall–Kier alpha value is -2.77. The van der Waals surface area contributed by atoms with E-state index in [9.17, 15) is 9.59 Å². The second kappa shape index (κ2) is 8.31. The van der Waals surface area contributed by atoms with Crippen LogP contribution in [0.3, 0.4) is 0 Å². The number of likely N-dealkylation sites (tertiary alicyclic amines) is 1. The molecule has 2 aliphatic heterocycles. The Balaban J connectivity index is 1.50. The van der Waals surface area contributed by atoms with Gasteiger partial charge in [-0.05, 0) is 32.3 Å². The molecule has 0 N–H and O–H groups in total. The maximum atomic E-state index is 13.1. The molecule has 4 heterocycles. The Labute approximate surface area is 170 Å². The molecule has 0 bridgehead atoms. The van der Waals surface area contributed by atoms with Gasteiger partial charge in [-0.1, -0.05) is 0 Å². The Morgan fingerprint density at radius 1 is 1.28 bits per heavy atom. The molecule has 8 nitrogen and oxygen atoms in total. The third-order valence-electron chi connectivity index (χ3n) is 5.97. The standard InChI is InChI=1S/C21H28N6O2/c1-15(27-10-5-8-23-27)12-20(29)26-9-4-3-6-19(26)21-22-13-17-14-25(16(2)28)11-7-18(17)24-21/h5,8,10,13,15,19H,3-4,6-7,9,11-12,14H2,1-2H3/t15-,19-/m0/s1. The Morgan fingerprint density at radius 2 is 2.14 bits per heavy atom. The van der Waals surface area contributed by atoms with E-state index in [-0.39, 0.29) is 23.9 Å². The molecule has 1 fully saturated rings. The first kappa shape index (κ1) is 19.5. The summed E-state index contributed by atoms with van der Waals surface area (Å²) < 4.78 is 1.83. The topological polar surface area (TPSA) is 84.2 Å². The van der Waals surface area contributed by atoms with Gasteiger partial charge in [-0.25, -0.2) is 9.97 Å². The van der Waals surface area contributed by atoms with E-state index in [1.165, 1.54) is 0 Å². The average molecular weight is 396 g/mol. The van der Waals surface area contributed by atoms with E-state index in [0.29, 0.717) is 19.5 Å². The molecule has 0 aliphatic carbocycles. The fourth-order valence-electron chi connectivity index (χ4n) is 4.26.